The second-order valence-corrected chi connectivity index (χ2v) is 1.66. The molecule has 0 unspecified atom stereocenters. The third kappa shape index (κ3) is 1.40. The predicted molar refractivity (Wildman–Crippen MR) is 34.1 cm³/mol. The molecule has 2 N–H and O–H groups in total. The van der Waals surface area contributed by atoms with Crippen molar-refractivity contribution in [3.8, 4) is 11.5 Å². The minimum absolute atomic E-state index is 1.03. The van der Waals surface area contributed by atoms with Gasteiger partial charge in [0.15, 0.2) is 11.5 Å². The fourth-order valence-corrected chi connectivity index (χ4v) is 0.611. The van der Waals surface area contributed by atoms with Gasteiger partial charge in [-0.2, -0.15) is 0 Å². The van der Waals surface area contributed by atoms with E-state index in [1.807, 2.05) is 29.2 Å². The normalized spacial score (nSPS) is 9.20. The summed E-state index contributed by atoms with van der Waals surface area (Å²) in [5.41, 5.74) is 11.0. The lowest BCUT2D eigenvalue weighted by Gasteiger charge is -1.61. The van der Waals surface area contributed by atoms with Crippen LogP contribution in [0.5, 0.6) is 11.5 Å². The maximum atomic E-state index is 5.50. The number of rotatable bonds is 0. The average molecular weight is 136 g/mol. The molecular weight excluding hydrogens is 130 g/mol. The molecule has 0 bridgehead atoms. The topological polar surface area (TPSA) is 74.3 Å². The van der Waals surface area contributed by atoms with E-state index in [1.54, 1.807) is 0 Å². The smallest absolute Gasteiger partial charge is 0.211 e. The van der Waals surface area contributed by atoms with Gasteiger partial charge >= 0.3 is 0 Å². The summed E-state index contributed by atoms with van der Waals surface area (Å²) >= 11 is 0. The SMILES string of the molecule is N=[N+]=N.c1ccc2c(c1)O2. The van der Waals surface area contributed by atoms with Gasteiger partial charge in [-0.3, -0.25) is 0 Å². The summed E-state index contributed by atoms with van der Waals surface area (Å²) in [6.07, 6.45) is 0. The summed E-state index contributed by atoms with van der Waals surface area (Å²) in [5, 5.41) is 0. The van der Waals surface area contributed by atoms with Crippen LogP contribution in [0.25, 0.3) is 0 Å². The van der Waals surface area contributed by atoms with Crippen molar-refractivity contribution in [1.29, 1.82) is 11.1 Å². The lowest BCUT2D eigenvalue weighted by molar-refractivity contribution is 0.650. The van der Waals surface area contributed by atoms with E-state index >= 15 is 0 Å². The Morgan fingerprint density at radius 2 is 1.50 bits per heavy atom. The van der Waals surface area contributed by atoms with Crippen LogP contribution in [0.1, 0.15) is 0 Å². The van der Waals surface area contributed by atoms with E-state index in [0.29, 0.717) is 0 Å². The molecule has 1 aromatic carbocycles. The van der Waals surface area contributed by atoms with Crippen LogP contribution >= 0.6 is 0 Å². The van der Waals surface area contributed by atoms with Gasteiger partial charge in [0.25, 0.3) is 0 Å². The summed E-state index contributed by atoms with van der Waals surface area (Å²) in [6.45, 7) is 0. The summed E-state index contributed by atoms with van der Waals surface area (Å²) in [6, 6.07) is 7.84. The van der Waals surface area contributed by atoms with Crippen LogP contribution < -0.4 is 9.65 Å². The molecule has 1 heterocycles. The summed E-state index contributed by atoms with van der Waals surface area (Å²) in [5.74, 6) is 2.06. The van der Waals surface area contributed by atoms with E-state index in [0.717, 1.165) is 11.5 Å². The van der Waals surface area contributed by atoms with Crippen molar-refractivity contribution in [3.05, 3.63) is 24.3 Å². The molecule has 0 amide bonds. The third-order valence-electron chi connectivity index (χ3n) is 1.03. The summed E-state index contributed by atoms with van der Waals surface area (Å²) in [4.78, 5) is 2.00. The zero-order chi connectivity index (χ0) is 7.40. The Bertz CT molecular complexity index is 244. The zero-order valence-electron chi connectivity index (χ0n) is 5.16. The van der Waals surface area contributed by atoms with Crippen LogP contribution in [0.4, 0.5) is 0 Å². The van der Waals surface area contributed by atoms with Crippen molar-refractivity contribution in [2.24, 2.45) is 0 Å². The van der Waals surface area contributed by atoms with Crippen LogP contribution in [0.2, 0.25) is 0 Å². The van der Waals surface area contributed by atoms with Gasteiger partial charge in [-0.15, -0.1) is 0 Å². The van der Waals surface area contributed by atoms with E-state index in [9.17, 15) is 0 Å². The number of hydrogen-bond donors (Lipinski definition) is 2. The highest BCUT2D eigenvalue weighted by Gasteiger charge is 2.15. The third-order valence-corrected chi connectivity index (χ3v) is 1.03. The number of nitrogens with one attached hydrogen (secondary N) is 2. The standard InChI is InChI=1S/C6H4O.H2N3/c1-2-4-6-5(3-1)7-6;1-3-2/h1-4H;1-2H/q;+1. The number of ether oxygens (including phenoxy) is 1. The fraction of sp³-hybridized carbons (Fsp3) is 0. The number of fused-ring (bicyclic) bond motifs is 1. The predicted octanol–water partition coefficient (Wildman–Crippen LogP) is 1.91. The first-order valence-electron chi connectivity index (χ1n) is 2.68. The van der Waals surface area contributed by atoms with E-state index in [1.165, 1.54) is 0 Å². The molecule has 0 spiro atoms. The lowest BCUT2D eigenvalue weighted by Crippen LogP contribution is -1.37. The van der Waals surface area contributed by atoms with Gasteiger partial charge in [-0.05, 0) is 12.1 Å². The first kappa shape index (κ1) is 6.45. The molecule has 1 aliphatic heterocycles. The Balaban J connectivity index is 0.000000148. The van der Waals surface area contributed by atoms with E-state index < -0.39 is 0 Å². The number of benzene rings is 1. The lowest BCUT2D eigenvalue weighted by atomic mass is 10.4. The van der Waals surface area contributed by atoms with Gasteiger partial charge in [0.1, 0.15) is 11.1 Å². The molecule has 10 heavy (non-hydrogen) atoms. The van der Waals surface area contributed by atoms with Crippen LogP contribution in [-0.4, -0.2) is 0 Å². The Hall–Kier alpha value is -1.67. The molecular formula is C6H6N3O+. The highest BCUT2D eigenvalue weighted by Crippen LogP contribution is 2.43. The highest BCUT2D eigenvalue weighted by molar-refractivity contribution is 5.53. The highest BCUT2D eigenvalue weighted by atomic mass is 16.6. The van der Waals surface area contributed by atoms with E-state index in [4.69, 9.17) is 15.8 Å². The van der Waals surface area contributed by atoms with E-state index in [-0.39, 0.29) is 0 Å². The molecule has 50 valence electrons. The first-order valence-corrected chi connectivity index (χ1v) is 2.68. The van der Waals surface area contributed by atoms with Crippen molar-refractivity contribution in [3.63, 3.8) is 0 Å². The van der Waals surface area contributed by atoms with Gasteiger partial charge in [0.2, 0.25) is 4.91 Å². The molecule has 0 radical (unpaired) electrons. The molecule has 0 aliphatic carbocycles. The molecule has 0 atom stereocenters. The molecule has 0 aromatic heterocycles. The summed E-state index contributed by atoms with van der Waals surface area (Å²) in [7, 11) is 0. The summed E-state index contributed by atoms with van der Waals surface area (Å²) < 4.78 is 4.94. The molecule has 4 heteroatoms. The minimum Gasteiger partial charge on any atom is -0.450 e. The van der Waals surface area contributed by atoms with Gasteiger partial charge < -0.3 is 4.74 Å². The molecule has 1 aliphatic rings. The van der Waals surface area contributed by atoms with Crippen LogP contribution in [0.3, 0.4) is 0 Å². The van der Waals surface area contributed by atoms with Crippen molar-refractivity contribution in [2.45, 2.75) is 0 Å². The maximum Gasteiger partial charge on any atom is 0.211 e. The van der Waals surface area contributed by atoms with Crippen LogP contribution in [0.15, 0.2) is 24.3 Å². The van der Waals surface area contributed by atoms with Gasteiger partial charge in [-0.25, -0.2) is 0 Å². The van der Waals surface area contributed by atoms with Gasteiger partial charge in [0, 0.05) is 0 Å². The Labute approximate surface area is 57.5 Å². The Kier molecular flexibility index (Phi) is 1.78. The zero-order valence-corrected chi connectivity index (χ0v) is 5.16. The fourth-order valence-electron chi connectivity index (χ4n) is 0.611. The van der Waals surface area contributed by atoms with Crippen LogP contribution in [0, 0.1) is 11.1 Å². The largest absolute Gasteiger partial charge is 0.450 e. The number of hydrogen-bond acceptors (Lipinski definition) is 3. The van der Waals surface area contributed by atoms with Crippen molar-refractivity contribution in [1.82, 2.24) is 4.91 Å². The molecule has 2 rings (SSSR count). The quantitative estimate of drug-likeness (QED) is 0.324. The average Bonchev–Trinajstić information content (AvgIpc) is 2.66. The van der Waals surface area contributed by atoms with Gasteiger partial charge in [0.05, 0.1) is 0 Å². The van der Waals surface area contributed by atoms with Crippen LogP contribution in [-0.2, 0) is 0 Å². The minimum atomic E-state index is 1.03. The monoisotopic (exact) mass is 136 g/mol. The number of nitrogens with zero attached hydrogens (tertiary/aromatic N) is 1. The van der Waals surface area contributed by atoms with E-state index in [2.05, 4.69) is 0 Å². The second kappa shape index (κ2) is 2.75. The molecule has 0 saturated carbocycles. The van der Waals surface area contributed by atoms with Crippen molar-refractivity contribution >= 4 is 0 Å². The first-order chi connectivity index (χ1) is 4.88. The Morgan fingerprint density at radius 3 is 1.80 bits per heavy atom. The maximum absolute atomic E-state index is 5.50. The van der Waals surface area contributed by atoms with Crippen molar-refractivity contribution < 1.29 is 4.74 Å². The molecule has 1 aromatic rings. The van der Waals surface area contributed by atoms with Gasteiger partial charge in [-0.1, -0.05) is 12.1 Å². The second-order valence-electron chi connectivity index (χ2n) is 1.66. The molecule has 0 fully saturated rings. The molecule has 0 saturated heterocycles. The Morgan fingerprint density at radius 1 is 1.10 bits per heavy atom. The van der Waals surface area contributed by atoms with Crippen molar-refractivity contribution in [2.75, 3.05) is 0 Å². The molecule has 4 nitrogen and oxygen atoms in total. The number of para-hydroxylation sites is 2.